The number of carbonyl (C=O) groups is 2. The van der Waals surface area contributed by atoms with Crippen molar-refractivity contribution in [3.8, 4) is 5.75 Å². The molecule has 1 aromatic rings. The van der Waals surface area contributed by atoms with E-state index in [-0.39, 0.29) is 17.6 Å². The van der Waals surface area contributed by atoms with Crippen molar-refractivity contribution in [2.24, 2.45) is 5.92 Å². The predicted molar refractivity (Wildman–Crippen MR) is 93.4 cm³/mol. The van der Waals surface area contributed by atoms with Crippen LogP contribution in [0.3, 0.4) is 0 Å². The van der Waals surface area contributed by atoms with E-state index >= 15 is 0 Å². The maximum absolute atomic E-state index is 13.0. The summed E-state index contributed by atoms with van der Waals surface area (Å²) in [6.45, 7) is 1.06. The normalized spacial score (nSPS) is 19.6. The second-order valence-corrected chi connectivity index (χ2v) is 8.46. The number of ketones is 1. The summed E-state index contributed by atoms with van der Waals surface area (Å²) < 4.78 is 29.9. The Hall–Kier alpha value is -1.93. The molecule has 8 heteroatoms. The monoisotopic (exact) mass is 366 g/mol. The number of anilines is 1. The number of piperidine rings is 1. The lowest BCUT2D eigenvalue weighted by Crippen LogP contribution is -2.46. The first-order valence-electron chi connectivity index (χ1n) is 8.29. The molecule has 1 amide bonds. The van der Waals surface area contributed by atoms with Crippen molar-refractivity contribution >= 4 is 27.4 Å². The van der Waals surface area contributed by atoms with Gasteiger partial charge in [-0.15, -0.1) is 0 Å². The number of hydrogen-bond donors (Lipinski definition) is 0. The highest BCUT2D eigenvalue weighted by Crippen LogP contribution is 2.33. The molecular weight excluding hydrogens is 344 g/mol. The van der Waals surface area contributed by atoms with E-state index < -0.39 is 10.0 Å². The molecule has 2 aliphatic heterocycles. The van der Waals surface area contributed by atoms with Gasteiger partial charge in [-0.1, -0.05) is 0 Å². The third kappa shape index (κ3) is 3.55. The van der Waals surface area contributed by atoms with Crippen LogP contribution in [0.15, 0.2) is 18.2 Å². The Morgan fingerprint density at radius 1 is 1.20 bits per heavy atom. The standard InChI is InChI=1S/C17H22N2O5S/c1-24-13-3-4-14-15(11-13)19(10-7-16(14)20)17(21)12-5-8-18(9-6-12)25(2,22)23/h3-4,11-12H,5-10H2,1-2H3. The summed E-state index contributed by atoms with van der Waals surface area (Å²) in [5, 5.41) is 0. The average molecular weight is 366 g/mol. The first-order valence-corrected chi connectivity index (χ1v) is 10.1. The van der Waals surface area contributed by atoms with Crippen molar-refractivity contribution in [1.29, 1.82) is 0 Å². The van der Waals surface area contributed by atoms with Crippen LogP contribution >= 0.6 is 0 Å². The SMILES string of the molecule is COc1ccc2c(c1)N(C(=O)C1CCN(S(C)(=O)=O)CC1)CCC2=O. The number of rotatable bonds is 3. The van der Waals surface area contributed by atoms with Crippen molar-refractivity contribution in [2.75, 3.05) is 37.9 Å². The highest BCUT2D eigenvalue weighted by molar-refractivity contribution is 7.88. The van der Waals surface area contributed by atoms with Gasteiger partial charge in [-0.25, -0.2) is 12.7 Å². The molecule has 0 aliphatic carbocycles. The molecular formula is C17H22N2O5S. The summed E-state index contributed by atoms with van der Waals surface area (Å²) in [5.41, 5.74) is 1.13. The number of nitrogens with zero attached hydrogens (tertiary/aromatic N) is 2. The number of sulfonamides is 1. The number of hydrogen-bond acceptors (Lipinski definition) is 5. The van der Waals surface area contributed by atoms with Gasteiger partial charge in [-0.3, -0.25) is 9.59 Å². The van der Waals surface area contributed by atoms with Gasteiger partial charge in [0.2, 0.25) is 15.9 Å². The minimum absolute atomic E-state index is 0.0219. The molecule has 2 aliphatic rings. The summed E-state index contributed by atoms with van der Waals surface area (Å²) in [6.07, 6.45) is 2.48. The molecule has 3 rings (SSSR count). The van der Waals surface area contributed by atoms with Crippen LogP contribution in [0.5, 0.6) is 5.75 Å². The van der Waals surface area contributed by atoms with E-state index in [0.29, 0.717) is 55.9 Å². The zero-order chi connectivity index (χ0) is 18.2. The van der Waals surface area contributed by atoms with Crippen LogP contribution in [0.1, 0.15) is 29.6 Å². The van der Waals surface area contributed by atoms with E-state index in [9.17, 15) is 18.0 Å². The Morgan fingerprint density at radius 3 is 2.48 bits per heavy atom. The molecule has 0 aromatic heterocycles. The number of fused-ring (bicyclic) bond motifs is 1. The van der Waals surface area contributed by atoms with Crippen LogP contribution < -0.4 is 9.64 Å². The predicted octanol–water partition coefficient (Wildman–Crippen LogP) is 1.29. The van der Waals surface area contributed by atoms with E-state index in [2.05, 4.69) is 0 Å². The molecule has 136 valence electrons. The van der Waals surface area contributed by atoms with Crippen LogP contribution in [0.25, 0.3) is 0 Å². The van der Waals surface area contributed by atoms with E-state index in [4.69, 9.17) is 4.74 Å². The van der Waals surface area contributed by atoms with E-state index in [1.165, 1.54) is 10.6 Å². The van der Waals surface area contributed by atoms with E-state index in [1.807, 2.05) is 0 Å². The minimum atomic E-state index is -3.22. The number of ether oxygens (including phenoxy) is 1. The molecule has 1 aromatic carbocycles. The van der Waals surface area contributed by atoms with Gasteiger partial charge in [0.1, 0.15) is 5.75 Å². The third-order valence-corrected chi connectivity index (χ3v) is 6.20. The number of carbonyl (C=O) groups excluding carboxylic acids is 2. The number of amides is 1. The summed E-state index contributed by atoms with van der Waals surface area (Å²) in [5.74, 6) is 0.340. The lowest BCUT2D eigenvalue weighted by molar-refractivity contribution is -0.123. The van der Waals surface area contributed by atoms with Crippen LogP contribution in [-0.4, -0.2) is 57.4 Å². The molecule has 2 heterocycles. The highest BCUT2D eigenvalue weighted by Gasteiger charge is 2.35. The summed E-state index contributed by atoms with van der Waals surface area (Å²) in [7, 11) is -1.68. The van der Waals surface area contributed by atoms with Gasteiger partial charge in [0.25, 0.3) is 0 Å². The van der Waals surface area contributed by atoms with Crippen LogP contribution in [0, 0.1) is 5.92 Å². The van der Waals surface area contributed by atoms with Crippen molar-refractivity contribution in [1.82, 2.24) is 4.31 Å². The summed E-state index contributed by atoms with van der Waals surface area (Å²) in [6, 6.07) is 5.13. The Kier molecular flexibility index (Phi) is 4.83. The molecule has 7 nitrogen and oxygen atoms in total. The average Bonchev–Trinajstić information content (AvgIpc) is 2.60. The Balaban J connectivity index is 1.80. The van der Waals surface area contributed by atoms with Gasteiger partial charge < -0.3 is 9.64 Å². The molecule has 0 unspecified atom stereocenters. The largest absolute Gasteiger partial charge is 0.497 e. The Labute approximate surface area is 147 Å². The fourth-order valence-electron chi connectivity index (χ4n) is 3.45. The molecule has 0 atom stereocenters. The summed E-state index contributed by atoms with van der Waals surface area (Å²) >= 11 is 0. The van der Waals surface area contributed by atoms with Gasteiger partial charge >= 0.3 is 0 Å². The van der Waals surface area contributed by atoms with Gasteiger partial charge in [0.05, 0.1) is 19.1 Å². The third-order valence-electron chi connectivity index (χ3n) is 4.90. The fraction of sp³-hybridized carbons (Fsp3) is 0.529. The van der Waals surface area contributed by atoms with Gasteiger partial charge in [0, 0.05) is 43.6 Å². The number of benzene rings is 1. The molecule has 1 fully saturated rings. The van der Waals surface area contributed by atoms with Crippen LogP contribution in [0.2, 0.25) is 0 Å². The van der Waals surface area contributed by atoms with Crippen LogP contribution in [-0.2, 0) is 14.8 Å². The molecule has 0 N–H and O–H groups in total. The van der Waals surface area contributed by atoms with Crippen molar-refractivity contribution < 1.29 is 22.7 Å². The number of Topliss-reactive ketones (excluding diaryl/α,β-unsaturated/α-hetero) is 1. The Bertz CT molecular complexity index is 797. The number of methoxy groups -OCH3 is 1. The van der Waals surface area contributed by atoms with Crippen molar-refractivity contribution in [3.63, 3.8) is 0 Å². The summed E-state index contributed by atoms with van der Waals surface area (Å²) in [4.78, 5) is 26.8. The minimum Gasteiger partial charge on any atom is -0.497 e. The quantitative estimate of drug-likeness (QED) is 0.805. The molecule has 0 radical (unpaired) electrons. The molecule has 25 heavy (non-hydrogen) atoms. The maximum atomic E-state index is 13.0. The fourth-order valence-corrected chi connectivity index (χ4v) is 4.32. The lowest BCUT2D eigenvalue weighted by atomic mass is 9.93. The second-order valence-electron chi connectivity index (χ2n) is 6.48. The van der Waals surface area contributed by atoms with Crippen LogP contribution in [0.4, 0.5) is 5.69 Å². The Morgan fingerprint density at radius 2 is 1.88 bits per heavy atom. The molecule has 0 saturated carbocycles. The topological polar surface area (TPSA) is 84.0 Å². The van der Waals surface area contributed by atoms with Crippen molar-refractivity contribution in [2.45, 2.75) is 19.3 Å². The van der Waals surface area contributed by atoms with E-state index in [1.54, 1.807) is 30.2 Å². The van der Waals surface area contributed by atoms with E-state index in [0.717, 1.165) is 0 Å². The zero-order valence-electron chi connectivity index (χ0n) is 14.4. The van der Waals surface area contributed by atoms with Crippen molar-refractivity contribution in [3.05, 3.63) is 23.8 Å². The molecule has 0 spiro atoms. The van der Waals surface area contributed by atoms with Gasteiger partial charge in [0.15, 0.2) is 5.78 Å². The zero-order valence-corrected chi connectivity index (χ0v) is 15.2. The first kappa shape index (κ1) is 17.9. The first-order chi connectivity index (χ1) is 11.8. The van der Waals surface area contributed by atoms with Gasteiger partial charge in [-0.05, 0) is 25.0 Å². The lowest BCUT2D eigenvalue weighted by Gasteiger charge is -2.35. The maximum Gasteiger partial charge on any atom is 0.230 e. The highest BCUT2D eigenvalue weighted by atomic mass is 32.2. The second kappa shape index (κ2) is 6.76. The smallest absolute Gasteiger partial charge is 0.230 e. The molecule has 1 saturated heterocycles. The van der Waals surface area contributed by atoms with Gasteiger partial charge in [-0.2, -0.15) is 0 Å². The molecule has 0 bridgehead atoms.